The summed E-state index contributed by atoms with van der Waals surface area (Å²) in [6.07, 6.45) is -3.09. The van der Waals surface area contributed by atoms with E-state index in [1.807, 2.05) is 0 Å². The summed E-state index contributed by atoms with van der Waals surface area (Å²) in [6, 6.07) is 0. The van der Waals surface area contributed by atoms with Crippen LogP contribution in [0.5, 0.6) is 0 Å². The number of hydrogen-bond acceptors (Lipinski definition) is 14. The Hall–Kier alpha value is -1.40. The van der Waals surface area contributed by atoms with Crippen molar-refractivity contribution in [3.63, 3.8) is 0 Å². The highest BCUT2D eigenvalue weighted by Gasteiger charge is 2.58. The minimum Gasteiger partial charge on any atom is -0.387 e. The molecule has 0 saturated carbocycles. The Kier molecular flexibility index (Phi) is 7.14. The van der Waals surface area contributed by atoms with E-state index >= 15 is 0 Å². The third-order valence-corrected chi connectivity index (χ3v) is 8.01. The molecule has 3 heterocycles. The summed E-state index contributed by atoms with van der Waals surface area (Å²) in [5, 5.41) is 21.0. The lowest BCUT2D eigenvalue weighted by Gasteiger charge is -2.31. The molecule has 6 atom stereocenters. The number of nitrogens with zero attached hydrogens (tertiary/aromatic N) is 4. The summed E-state index contributed by atoms with van der Waals surface area (Å²) >= 11 is 0. The summed E-state index contributed by atoms with van der Waals surface area (Å²) < 4.78 is 57.4. The molecule has 1 aliphatic rings. The molecule has 8 N–H and O–H groups in total. The van der Waals surface area contributed by atoms with Crippen LogP contribution in [0.2, 0.25) is 0 Å². The second-order valence-corrected chi connectivity index (χ2v) is 10.8. The van der Waals surface area contributed by atoms with Crippen molar-refractivity contribution in [1.29, 1.82) is 0 Å². The van der Waals surface area contributed by atoms with E-state index in [4.69, 9.17) is 25.0 Å². The molecule has 22 heteroatoms. The van der Waals surface area contributed by atoms with E-state index in [0.29, 0.717) is 0 Å². The number of rotatable bonds is 9. The molecule has 2 aromatic heterocycles. The Balaban J connectivity index is 1.79. The number of aromatic nitrogens is 4. The van der Waals surface area contributed by atoms with E-state index in [2.05, 4.69) is 28.1 Å². The van der Waals surface area contributed by atoms with Gasteiger partial charge in [0.15, 0.2) is 17.6 Å². The van der Waals surface area contributed by atoms with E-state index in [1.165, 1.54) is 0 Å². The standard InChI is InChI=1S/C11H18N5O14P3/c1-26-11(16-4-15-6-9(12)13-3-14-10(6)16)8(18)7(17)5(28-11)2-27-32(22,23)30-33(24,25)29-31(19,20)21/h3-5,7-8,17-18H,2H2,1H3,(H,22,23)(H,24,25)(H2,12,13,14)(H2,19,20,21)/t5-,7-,8-,11-/m1/s1. The van der Waals surface area contributed by atoms with Gasteiger partial charge in [-0.15, -0.1) is 0 Å². The van der Waals surface area contributed by atoms with Crippen molar-refractivity contribution in [1.82, 2.24) is 19.5 Å². The molecular weight excluding hydrogens is 519 g/mol. The third-order valence-electron chi connectivity index (χ3n) is 4.21. The average Bonchev–Trinajstić information content (AvgIpc) is 3.20. The van der Waals surface area contributed by atoms with E-state index < -0.39 is 54.3 Å². The van der Waals surface area contributed by atoms with Gasteiger partial charge in [-0.3, -0.25) is 9.09 Å². The fourth-order valence-corrected chi connectivity index (χ4v) is 5.96. The maximum atomic E-state index is 11.9. The van der Waals surface area contributed by atoms with Crippen LogP contribution in [0.3, 0.4) is 0 Å². The van der Waals surface area contributed by atoms with Gasteiger partial charge in [0.05, 0.1) is 6.61 Å². The van der Waals surface area contributed by atoms with Gasteiger partial charge >= 0.3 is 23.5 Å². The molecule has 0 radical (unpaired) electrons. The molecule has 3 rings (SSSR count). The highest BCUT2D eigenvalue weighted by atomic mass is 31.3. The van der Waals surface area contributed by atoms with Crippen molar-refractivity contribution in [3.8, 4) is 0 Å². The topological polar surface area (TPSA) is 288 Å². The van der Waals surface area contributed by atoms with E-state index in [0.717, 1.165) is 24.3 Å². The Labute approximate surface area is 183 Å². The van der Waals surface area contributed by atoms with Gasteiger partial charge in [0.25, 0.3) is 5.91 Å². The van der Waals surface area contributed by atoms with Crippen LogP contribution in [0, 0.1) is 0 Å². The first-order valence-electron chi connectivity index (χ1n) is 8.42. The number of anilines is 1. The molecule has 1 fully saturated rings. The van der Waals surface area contributed by atoms with Gasteiger partial charge in [0.2, 0.25) is 0 Å². The molecule has 33 heavy (non-hydrogen) atoms. The number of nitrogens with two attached hydrogens (primary N) is 1. The van der Waals surface area contributed by atoms with Gasteiger partial charge in [-0.1, -0.05) is 0 Å². The van der Waals surface area contributed by atoms with Crippen molar-refractivity contribution in [2.24, 2.45) is 0 Å². The molecule has 1 aliphatic heterocycles. The van der Waals surface area contributed by atoms with Gasteiger partial charge in [-0.05, 0) is 0 Å². The molecule has 0 aromatic carbocycles. The zero-order valence-corrected chi connectivity index (χ0v) is 18.9. The summed E-state index contributed by atoms with van der Waals surface area (Å²) in [5.41, 5.74) is 5.85. The van der Waals surface area contributed by atoms with Crippen LogP contribution >= 0.6 is 23.5 Å². The zero-order chi connectivity index (χ0) is 24.8. The van der Waals surface area contributed by atoms with Gasteiger partial charge in [-0.2, -0.15) is 8.62 Å². The second kappa shape index (κ2) is 8.99. The van der Waals surface area contributed by atoms with Crippen LogP contribution in [0.4, 0.5) is 5.82 Å². The van der Waals surface area contributed by atoms with Crippen molar-refractivity contribution in [2.45, 2.75) is 24.2 Å². The Bertz CT molecular complexity index is 1170. The number of aliphatic hydroxyl groups is 2. The normalized spacial score (nSPS) is 29.7. The average molecular weight is 537 g/mol. The van der Waals surface area contributed by atoms with Crippen LogP contribution in [-0.2, 0) is 42.2 Å². The Morgan fingerprint density at radius 1 is 1.12 bits per heavy atom. The van der Waals surface area contributed by atoms with Crippen molar-refractivity contribution in [3.05, 3.63) is 12.7 Å². The van der Waals surface area contributed by atoms with Gasteiger partial charge in [0.1, 0.15) is 30.4 Å². The van der Waals surface area contributed by atoms with E-state index in [1.54, 1.807) is 0 Å². The predicted molar refractivity (Wildman–Crippen MR) is 101 cm³/mol. The van der Waals surface area contributed by atoms with Crippen LogP contribution in [0.15, 0.2) is 12.7 Å². The van der Waals surface area contributed by atoms with Crippen molar-refractivity contribution < 1.29 is 66.1 Å². The minimum atomic E-state index is -5.74. The molecule has 19 nitrogen and oxygen atoms in total. The molecular formula is C11H18N5O14P3. The highest BCUT2D eigenvalue weighted by Crippen LogP contribution is 2.66. The fraction of sp³-hybridized carbons (Fsp3) is 0.545. The van der Waals surface area contributed by atoms with Crippen LogP contribution < -0.4 is 5.73 Å². The maximum Gasteiger partial charge on any atom is 0.490 e. The molecule has 0 spiro atoms. The second-order valence-electron chi connectivity index (χ2n) is 6.36. The number of phosphoric ester groups is 1. The van der Waals surface area contributed by atoms with Gasteiger partial charge in [0, 0.05) is 7.11 Å². The first-order valence-corrected chi connectivity index (χ1v) is 12.9. The summed E-state index contributed by atoms with van der Waals surface area (Å²) in [5.74, 6) is -2.19. The van der Waals surface area contributed by atoms with E-state index in [-0.39, 0.29) is 17.0 Å². The highest BCUT2D eigenvalue weighted by molar-refractivity contribution is 7.66. The smallest absolute Gasteiger partial charge is 0.387 e. The minimum absolute atomic E-state index is 0.0118. The number of fused-ring (bicyclic) bond motifs is 1. The number of aliphatic hydroxyl groups excluding tert-OH is 2. The molecule has 0 aliphatic carbocycles. The van der Waals surface area contributed by atoms with Crippen LogP contribution in [0.25, 0.3) is 11.2 Å². The number of nitrogen functional groups attached to an aromatic ring is 1. The van der Waals surface area contributed by atoms with Crippen molar-refractivity contribution in [2.75, 3.05) is 19.5 Å². The van der Waals surface area contributed by atoms with Gasteiger partial charge < -0.3 is 45.0 Å². The number of hydrogen-bond donors (Lipinski definition) is 7. The number of ether oxygens (including phenoxy) is 2. The first kappa shape index (κ1) is 26.2. The number of phosphoric acid groups is 3. The molecule has 2 unspecified atom stereocenters. The Morgan fingerprint density at radius 3 is 2.39 bits per heavy atom. The van der Waals surface area contributed by atoms with Crippen molar-refractivity contribution >= 4 is 40.4 Å². The lowest BCUT2D eigenvalue weighted by Crippen LogP contribution is -2.47. The first-order chi connectivity index (χ1) is 15.1. The molecule has 0 bridgehead atoms. The number of methoxy groups -OCH3 is 1. The van der Waals surface area contributed by atoms with Crippen LogP contribution in [0.1, 0.15) is 0 Å². The quantitative estimate of drug-likeness (QED) is 0.172. The van der Waals surface area contributed by atoms with Crippen LogP contribution in [-0.4, -0.2) is 81.3 Å². The Morgan fingerprint density at radius 2 is 1.79 bits per heavy atom. The monoisotopic (exact) mass is 537 g/mol. The predicted octanol–water partition coefficient (Wildman–Crippen LogP) is -1.87. The summed E-state index contributed by atoms with van der Waals surface area (Å²) in [6.45, 7) is -1.04. The summed E-state index contributed by atoms with van der Waals surface area (Å²) in [7, 11) is -15.7. The zero-order valence-electron chi connectivity index (χ0n) is 16.3. The lowest BCUT2D eigenvalue weighted by atomic mass is 10.1. The fourth-order valence-electron chi connectivity index (χ4n) is 2.93. The van der Waals surface area contributed by atoms with Gasteiger partial charge in [-0.25, -0.2) is 28.6 Å². The largest absolute Gasteiger partial charge is 0.490 e. The lowest BCUT2D eigenvalue weighted by molar-refractivity contribution is -0.301. The van der Waals surface area contributed by atoms with E-state index in [9.17, 15) is 33.7 Å². The molecule has 186 valence electrons. The number of imidazole rings is 1. The maximum absolute atomic E-state index is 11.9. The summed E-state index contributed by atoms with van der Waals surface area (Å²) in [4.78, 5) is 47.5. The molecule has 0 amide bonds. The molecule has 2 aromatic rings. The SMILES string of the molecule is CO[C@@]1(n2cnc3c(N)ncnc32)O[C@H](COP(=O)(O)OP(=O)(O)OP(=O)(O)O)[C@@H](O)[C@H]1O. The molecule has 1 saturated heterocycles. The third kappa shape index (κ3) is 5.48.